The highest BCUT2D eigenvalue weighted by molar-refractivity contribution is 4.65. The van der Waals surface area contributed by atoms with E-state index in [0.29, 0.717) is 0 Å². The van der Waals surface area contributed by atoms with E-state index in [2.05, 4.69) is 0 Å². The fourth-order valence-electron chi connectivity index (χ4n) is 0.637. The highest BCUT2D eigenvalue weighted by atomic mass is 14.2. The molecule has 0 radical (unpaired) electrons. The molecule has 4 unspecified atom stereocenters. The van der Waals surface area contributed by atoms with Crippen molar-refractivity contribution in [2.45, 2.75) is 39.4 Å². The summed E-state index contributed by atoms with van der Waals surface area (Å²) in [6.45, 7) is 2.83. The van der Waals surface area contributed by atoms with Crippen LogP contribution < -0.4 is 0 Å². The Morgan fingerprint density at radius 1 is 1.12 bits per heavy atom. The number of hydrogen-bond acceptors (Lipinski definition) is 0. The summed E-state index contributed by atoms with van der Waals surface area (Å²) >= 11 is 0. The van der Waals surface area contributed by atoms with Gasteiger partial charge >= 0.3 is 0 Å². The monoisotopic (exact) mass is 118 g/mol. The van der Waals surface area contributed by atoms with E-state index in [1.807, 2.05) is 0 Å². The summed E-state index contributed by atoms with van der Waals surface area (Å²) in [6.07, 6.45) is -4.36. The second kappa shape index (κ2) is 2.52. The molecule has 1 fully saturated rings. The zero-order valence-electron chi connectivity index (χ0n) is 11.3. The lowest BCUT2D eigenvalue weighted by molar-refractivity contribution is 0.308. The fourth-order valence-corrected chi connectivity index (χ4v) is 0.637. The second-order valence-corrected chi connectivity index (χ2v) is 2.15. The first-order valence-corrected chi connectivity index (χ1v) is 2.82. The topological polar surface area (TPSA) is 0 Å². The first kappa shape index (κ1) is 2.00. The lowest BCUT2D eigenvalue weighted by atomic mass is 9.84. The third kappa shape index (κ3) is 1.50. The Morgan fingerprint density at radius 3 is 1.62 bits per heavy atom. The summed E-state index contributed by atoms with van der Waals surface area (Å²) < 4.78 is 46.2. The van der Waals surface area contributed by atoms with Gasteiger partial charge in [-0.3, -0.25) is 0 Å². The standard InChI is InChI=1S/C8H16/c1-7-3-5-8(2)6-4-7/h7-8H,3-6H2,1-2H3/i3D,4D,5D,6D,7D,8D. The van der Waals surface area contributed by atoms with E-state index >= 15 is 0 Å². The van der Waals surface area contributed by atoms with Gasteiger partial charge in [0.25, 0.3) is 0 Å². The van der Waals surface area contributed by atoms with E-state index < -0.39 is 37.4 Å². The number of rotatable bonds is 0. The van der Waals surface area contributed by atoms with Gasteiger partial charge in [0, 0.05) is 8.22 Å². The largest absolute Gasteiger partial charge is 0.0625 e. The molecule has 0 bridgehead atoms. The van der Waals surface area contributed by atoms with Crippen molar-refractivity contribution in [1.82, 2.24) is 0 Å². The zero-order chi connectivity index (χ0) is 11.3. The average Bonchev–Trinajstić information content (AvgIpc) is 2.11. The summed E-state index contributed by atoms with van der Waals surface area (Å²) in [7, 11) is 0. The Balaban J connectivity index is 3.07. The van der Waals surface area contributed by atoms with Crippen LogP contribution >= 0.6 is 0 Å². The molecule has 4 atom stereocenters. The Morgan fingerprint density at radius 2 is 1.38 bits per heavy atom. The van der Waals surface area contributed by atoms with Gasteiger partial charge in [-0.25, -0.2) is 0 Å². The van der Waals surface area contributed by atoms with Crippen LogP contribution in [0.4, 0.5) is 0 Å². The van der Waals surface area contributed by atoms with E-state index in [1.54, 1.807) is 0 Å². The highest BCUT2D eigenvalue weighted by Gasteiger charge is 2.13. The van der Waals surface area contributed by atoms with Gasteiger partial charge < -0.3 is 0 Å². The number of hydrogen-bond donors (Lipinski definition) is 0. The van der Waals surface area contributed by atoms with Crippen LogP contribution in [0, 0.1) is 11.8 Å². The Bertz CT molecular complexity index is 182. The van der Waals surface area contributed by atoms with Gasteiger partial charge in [-0.1, -0.05) is 39.4 Å². The van der Waals surface area contributed by atoms with Crippen molar-refractivity contribution in [2.24, 2.45) is 11.8 Å². The second-order valence-electron chi connectivity index (χ2n) is 2.15. The Kier molecular flexibility index (Phi) is 0.630. The lowest BCUT2D eigenvalue weighted by Crippen LogP contribution is -2.08. The molecule has 1 saturated carbocycles. The molecule has 48 valence electrons. The van der Waals surface area contributed by atoms with Crippen molar-refractivity contribution < 1.29 is 8.22 Å². The first-order valence-electron chi connectivity index (χ1n) is 6.13. The fraction of sp³-hybridized carbons (Fsp3) is 1.00. The summed E-state index contributed by atoms with van der Waals surface area (Å²) in [6, 6.07) is 0. The van der Waals surface area contributed by atoms with Crippen LogP contribution in [-0.4, -0.2) is 0 Å². The van der Waals surface area contributed by atoms with Crippen molar-refractivity contribution in [1.29, 1.82) is 0 Å². The zero-order valence-corrected chi connectivity index (χ0v) is 5.31. The maximum Gasteiger partial charge on any atom is 0.0300 e. The van der Waals surface area contributed by atoms with Crippen molar-refractivity contribution in [2.75, 3.05) is 0 Å². The van der Waals surface area contributed by atoms with E-state index in [1.165, 1.54) is 13.8 Å². The SMILES string of the molecule is [2H]C1C([2H])C([2H])(C)C([2H])C([2H])C1([2H])C. The van der Waals surface area contributed by atoms with Crippen molar-refractivity contribution in [3.63, 3.8) is 0 Å². The molecule has 0 heteroatoms. The molecule has 0 N–H and O–H groups in total. The summed E-state index contributed by atoms with van der Waals surface area (Å²) in [5.74, 6) is -2.83. The molecular weight excluding hydrogens is 96.1 g/mol. The van der Waals surface area contributed by atoms with Crippen molar-refractivity contribution >= 4 is 0 Å². The molecule has 0 aromatic carbocycles. The first-order chi connectivity index (χ1) is 6.13. The molecule has 0 heterocycles. The molecule has 0 amide bonds. The van der Waals surface area contributed by atoms with Crippen molar-refractivity contribution in [3.05, 3.63) is 0 Å². The average molecular weight is 118 g/mol. The van der Waals surface area contributed by atoms with E-state index in [0.717, 1.165) is 0 Å². The maximum atomic E-state index is 7.78. The minimum atomic E-state index is -1.42. The molecule has 0 nitrogen and oxygen atoms in total. The van der Waals surface area contributed by atoms with Gasteiger partial charge in [0.05, 0.1) is 0 Å². The van der Waals surface area contributed by atoms with Gasteiger partial charge in [-0.05, 0) is 11.8 Å². The van der Waals surface area contributed by atoms with Gasteiger partial charge in [-0.15, -0.1) is 0 Å². The van der Waals surface area contributed by atoms with Crippen molar-refractivity contribution in [3.8, 4) is 0 Å². The van der Waals surface area contributed by atoms with Gasteiger partial charge in [0.2, 0.25) is 0 Å². The van der Waals surface area contributed by atoms with Crippen LogP contribution in [0.1, 0.15) is 47.7 Å². The lowest BCUT2D eigenvalue weighted by Gasteiger charge is -2.22. The van der Waals surface area contributed by atoms with E-state index in [-0.39, 0.29) is 0 Å². The quantitative estimate of drug-likeness (QED) is 0.459. The molecule has 0 saturated heterocycles. The van der Waals surface area contributed by atoms with E-state index in [9.17, 15) is 0 Å². The minimum Gasteiger partial charge on any atom is -0.0625 e. The third-order valence-electron chi connectivity index (χ3n) is 1.22. The van der Waals surface area contributed by atoms with Gasteiger partial charge in [0.1, 0.15) is 0 Å². The predicted molar refractivity (Wildman–Crippen MR) is 36.8 cm³/mol. The van der Waals surface area contributed by atoms with Crippen LogP contribution in [0.5, 0.6) is 0 Å². The summed E-state index contributed by atoms with van der Waals surface area (Å²) in [5.41, 5.74) is 0. The smallest absolute Gasteiger partial charge is 0.0300 e. The molecular formula is C8H16. The van der Waals surface area contributed by atoms with Crippen LogP contribution in [0.25, 0.3) is 0 Å². The molecule has 0 aromatic rings. The Hall–Kier alpha value is 0. The molecule has 1 aliphatic carbocycles. The van der Waals surface area contributed by atoms with Crippen LogP contribution in [-0.2, 0) is 0 Å². The maximum absolute atomic E-state index is 7.78. The molecule has 0 aromatic heterocycles. The predicted octanol–water partition coefficient (Wildman–Crippen LogP) is 2.83. The molecule has 8 heavy (non-hydrogen) atoms. The molecule has 1 aliphatic rings. The Labute approximate surface area is 60.7 Å². The summed E-state index contributed by atoms with van der Waals surface area (Å²) in [5, 5.41) is 0. The minimum absolute atomic E-state index is 1.09. The summed E-state index contributed by atoms with van der Waals surface area (Å²) in [4.78, 5) is 0. The normalized spacial score (nSPS) is 106. The molecule has 0 spiro atoms. The van der Waals surface area contributed by atoms with Crippen LogP contribution in [0.2, 0.25) is 0 Å². The third-order valence-corrected chi connectivity index (χ3v) is 1.22. The van der Waals surface area contributed by atoms with Crippen LogP contribution in [0.15, 0.2) is 0 Å². The van der Waals surface area contributed by atoms with E-state index in [4.69, 9.17) is 8.22 Å². The highest BCUT2D eigenvalue weighted by Crippen LogP contribution is 2.27. The molecule has 0 aliphatic heterocycles. The van der Waals surface area contributed by atoms with Gasteiger partial charge in [-0.2, -0.15) is 0 Å². The van der Waals surface area contributed by atoms with Crippen LogP contribution in [0.3, 0.4) is 0 Å². The van der Waals surface area contributed by atoms with Gasteiger partial charge in [0.15, 0.2) is 0 Å². The molecule has 1 rings (SSSR count).